The molecule has 0 saturated carbocycles. The summed E-state index contributed by atoms with van der Waals surface area (Å²) >= 11 is 0. The number of aliphatic imine (C=N–C) groups is 1. The Balaban J connectivity index is 2.01. The number of hydrogen-bond donors (Lipinski definition) is 1. The molecule has 1 aromatic carbocycles. The minimum atomic E-state index is -0.256. The van der Waals surface area contributed by atoms with Crippen LogP contribution in [-0.4, -0.2) is 36.7 Å². The number of aryl methyl sites for hydroxylation is 1. The van der Waals surface area contributed by atoms with Crippen molar-refractivity contribution in [1.29, 1.82) is 0 Å². The van der Waals surface area contributed by atoms with E-state index in [1.807, 2.05) is 51.1 Å². The van der Waals surface area contributed by atoms with E-state index in [-0.39, 0.29) is 23.6 Å². The van der Waals surface area contributed by atoms with Gasteiger partial charge in [-0.2, -0.15) is 5.10 Å². The second-order valence-electron chi connectivity index (χ2n) is 7.58. The molecule has 1 aromatic rings. The molecule has 6 nitrogen and oxygen atoms in total. The van der Waals surface area contributed by atoms with Gasteiger partial charge in [-0.25, -0.2) is 5.01 Å². The van der Waals surface area contributed by atoms with Crippen molar-refractivity contribution >= 4 is 28.8 Å². The molecule has 0 saturated heterocycles. The maximum Gasteiger partial charge on any atom is 0.305 e. The number of ether oxygens (including phenoxy) is 1. The first-order valence-corrected chi connectivity index (χ1v) is 8.94. The van der Waals surface area contributed by atoms with Gasteiger partial charge in [-0.05, 0) is 35.6 Å². The lowest BCUT2D eigenvalue weighted by molar-refractivity contribution is -0.140. The lowest BCUT2D eigenvalue weighted by Crippen LogP contribution is -2.13. The molecule has 0 fully saturated rings. The summed E-state index contributed by atoms with van der Waals surface area (Å²) in [7, 11) is 3.11. The number of hydrogen-bond acceptors (Lipinski definition) is 6. The normalized spacial score (nSPS) is 18.2. The lowest BCUT2D eigenvalue weighted by Gasteiger charge is -2.20. The molecule has 3 rings (SSSR count). The number of esters is 1. The zero-order valence-electron chi connectivity index (χ0n) is 16.4. The number of methoxy groups -OCH3 is 1. The minimum absolute atomic E-state index is 0.232. The van der Waals surface area contributed by atoms with E-state index in [4.69, 9.17) is 4.74 Å². The second-order valence-corrected chi connectivity index (χ2v) is 7.58. The number of hydrazone groups is 1. The SMILES string of the molecule is C/N=C1/C=CC=C/C1=N/N1c2c(CCC(=O)OC)cc(C(C)(C)C)c(O)c21. The van der Waals surface area contributed by atoms with Crippen molar-refractivity contribution < 1.29 is 14.6 Å². The molecule has 0 spiro atoms. The Labute approximate surface area is 159 Å². The van der Waals surface area contributed by atoms with Gasteiger partial charge in [0.2, 0.25) is 0 Å². The van der Waals surface area contributed by atoms with Crippen LogP contribution in [0.25, 0.3) is 0 Å². The molecule has 0 unspecified atom stereocenters. The molecule has 1 aliphatic carbocycles. The van der Waals surface area contributed by atoms with Crippen LogP contribution >= 0.6 is 0 Å². The van der Waals surface area contributed by atoms with E-state index in [0.29, 0.717) is 12.1 Å². The number of aromatic hydroxyl groups is 1. The van der Waals surface area contributed by atoms with Crippen LogP contribution in [0.4, 0.5) is 11.4 Å². The molecule has 0 amide bonds. The summed E-state index contributed by atoms with van der Waals surface area (Å²) in [6.07, 6.45) is 8.41. The average molecular weight is 367 g/mol. The zero-order valence-corrected chi connectivity index (χ0v) is 16.4. The first-order valence-electron chi connectivity index (χ1n) is 8.94. The molecule has 1 heterocycles. The Morgan fingerprint density at radius 1 is 1.19 bits per heavy atom. The highest BCUT2D eigenvalue weighted by molar-refractivity contribution is 6.51. The van der Waals surface area contributed by atoms with Crippen molar-refractivity contribution in [1.82, 2.24) is 0 Å². The van der Waals surface area contributed by atoms with Gasteiger partial charge in [0.15, 0.2) is 0 Å². The van der Waals surface area contributed by atoms with Gasteiger partial charge >= 0.3 is 5.97 Å². The number of rotatable bonds is 4. The third-order valence-corrected chi connectivity index (χ3v) is 4.66. The fourth-order valence-electron chi connectivity index (χ4n) is 3.14. The average Bonchev–Trinajstić information content (AvgIpc) is 3.35. The first kappa shape index (κ1) is 18.9. The molecular weight excluding hydrogens is 342 g/mol. The third kappa shape index (κ3) is 3.65. The van der Waals surface area contributed by atoms with E-state index in [2.05, 4.69) is 10.1 Å². The standard InChI is InChI=1S/C21H25N3O3/c1-21(2,3)14-12-13(10-11-17(25)27-5)18-19(20(14)26)24(18)23-16-9-7-6-8-15(16)22-4/h6-9,12,26H,10-11H2,1-5H3/b22-15-,23-16-. The molecule has 27 heavy (non-hydrogen) atoms. The summed E-state index contributed by atoms with van der Waals surface area (Å²) < 4.78 is 4.77. The molecule has 2 aliphatic rings. The second kappa shape index (κ2) is 7.02. The van der Waals surface area contributed by atoms with Gasteiger partial charge in [0.05, 0.1) is 18.5 Å². The largest absolute Gasteiger partial charge is 0.505 e. The Bertz CT molecular complexity index is 902. The number of carbonyl (C=O) groups excluding carboxylic acids is 1. The quantitative estimate of drug-likeness (QED) is 0.499. The maximum atomic E-state index is 11.6. The van der Waals surface area contributed by atoms with Gasteiger partial charge in [-0.1, -0.05) is 32.9 Å². The summed E-state index contributed by atoms with van der Waals surface area (Å²) in [6, 6.07) is 1.97. The van der Waals surface area contributed by atoms with Crippen LogP contribution in [0.5, 0.6) is 5.75 Å². The van der Waals surface area contributed by atoms with Gasteiger partial charge in [0.25, 0.3) is 0 Å². The topological polar surface area (TPSA) is 74.3 Å². The molecular formula is C21H25N3O3. The predicted octanol–water partition coefficient (Wildman–Crippen LogP) is 3.80. The number of benzene rings is 1. The van der Waals surface area contributed by atoms with Crippen LogP contribution in [-0.2, 0) is 21.4 Å². The van der Waals surface area contributed by atoms with Crippen LogP contribution in [0.3, 0.4) is 0 Å². The van der Waals surface area contributed by atoms with E-state index in [9.17, 15) is 9.90 Å². The highest BCUT2D eigenvalue weighted by Gasteiger charge is 2.40. The van der Waals surface area contributed by atoms with Gasteiger partial charge in [0.1, 0.15) is 17.1 Å². The highest BCUT2D eigenvalue weighted by Crippen LogP contribution is 2.59. The molecule has 6 heteroatoms. The summed E-state index contributed by atoms with van der Waals surface area (Å²) in [5.41, 5.74) is 4.65. The Morgan fingerprint density at radius 2 is 1.85 bits per heavy atom. The summed E-state index contributed by atoms with van der Waals surface area (Å²) in [4.78, 5) is 15.8. The van der Waals surface area contributed by atoms with Crippen LogP contribution in [0.1, 0.15) is 38.3 Å². The van der Waals surface area contributed by atoms with Crippen LogP contribution in [0.2, 0.25) is 0 Å². The van der Waals surface area contributed by atoms with Crippen molar-refractivity contribution in [2.24, 2.45) is 10.1 Å². The molecule has 1 N–H and O–H groups in total. The summed E-state index contributed by atoms with van der Waals surface area (Å²) in [5.74, 6) is -0.0117. The number of carbonyl (C=O) groups is 1. The number of nitrogens with zero attached hydrogens (tertiary/aromatic N) is 3. The Hall–Kier alpha value is -2.89. The van der Waals surface area contributed by atoms with Crippen molar-refractivity contribution in [3.05, 3.63) is 41.5 Å². The molecule has 0 aromatic heterocycles. The number of phenols is 1. The zero-order chi connectivity index (χ0) is 19.8. The fraction of sp³-hybridized carbons (Fsp3) is 0.381. The van der Waals surface area contributed by atoms with E-state index in [1.165, 1.54) is 7.11 Å². The fourth-order valence-corrected chi connectivity index (χ4v) is 3.14. The molecule has 0 atom stereocenters. The Kier molecular flexibility index (Phi) is 4.91. The maximum absolute atomic E-state index is 11.6. The van der Waals surface area contributed by atoms with Crippen molar-refractivity contribution in [3.8, 4) is 5.75 Å². The van der Waals surface area contributed by atoms with E-state index >= 15 is 0 Å². The van der Waals surface area contributed by atoms with E-state index < -0.39 is 0 Å². The van der Waals surface area contributed by atoms with Gasteiger partial charge < -0.3 is 9.84 Å². The minimum Gasteiger partial charge on any atom is -0.505 e. The van der Waals surface area contributed by atoms with Crippen LogP contribution in [0.15, 0.2) is 40.5 Å². The number of phenolic OH excluding ortho intramolecular Hbond substituents is 1. The van der Waals surface area contributed by atoms with Crippen LogP contribution in [0, 0.1) is 0 Å². The predicted molar refractivity (Wildman–Crippen MR) is 108 cm³/mol. The molecule has 1 aliphatic heterocycles. The third-order valence-electron chi connectivity index (χ3n) is 4.66. The van der Waals surface area contributed by atoms with Gasteiger partial charge in [-0.15, -0.1) is 0 Å². The number of fused-ring (bicyclic) bond motifs is 1. The lowest BCUT2D eigenvalue weighted by atomic mass is 9.85. The molecule has 0 radical (unpaired) electrons. The van der Waals surface area contributed by atoms with Gasteiger partial charge in [0, 0.05) is 19.0 Å². The Morgan fingerprint density at radius 3 is 2.44 bits per heavy atom. The smallest absolute Gasteiger partial charge is 0.305 e. The van der Waals surface area contributed by atoms with Crippen molar-refractivity contribution in [2.75, 3.05) is 19.2 Å². The summed E-state index contributed by atoms with van der Waals surface area (Å²) in [5, 5.41) is 17.2. The van der Waals surface area contributed by atoms with E-state index in [1.54, 1.807) is 12.1 Å². The molecule has 0 bridgehead atoms. The molecule has 142 valence electrons. The van der Waals surface area contributed by atoms with Crippen molar-refractivity contribution in [2.45, 2.75) is 39.0 Å². The number of anilines is 2. The van der Waals surface area contributed by atoms with E-state index in [0.717, 1.165) is 28.2 Å². The van der Waals surface area contributed by atoms with Crippen LogP contribution < -0.4 is 5.01 Å². The van der Waals surface area contributed by atoms with Crippen molar-refractivity contribution in [3.63, 3.8) is 0 Å². The monoisotopic (exact) mass is 367 g/mol. The number of allylic oxidation sites excluding steroid dienone is 4. The summed E-state index contributed by atoms with van der Waals surface area (Å²) in [6.45, 7) is 6.15. The first-order chi connectivity index (χ1) is 12.8. The highest BCUT2D eigenvalue weighted by atomic mass is 16.5. The van der Waals surface area contributed by atoms with Gasteiger partial charge in [-0.3, -0.25) is 9.79 Å².